The summed E-state index contributed by atoms with van der Waals surface area (Å²) in [5.74, 6) is 6.22. The molecule has 0 aliphatic heterocycles. The molecule has 1 aromatic rings. The van der Waals surface area contributed by atoms with Gasteiger partial charge in [-0.05, 0) is 26.0 Å². The van der Waals surface area contributed by atoms with E-state index in [-0.39, 0.29) is 0 Å². The largest absolute Gasteiger partial charge is 0.391 e. The van der Waals surface area contributed by atoms with E-state index in [1.165, 1.54) is 10.7 Å². The fourth-order valence-corrected chi connectivity index (χ4v) is 0.799. The highest BCUT2D eigenvalue weighted by atomic mass is 16.7. The quantitative estimate of drug-likeness (QED) is 0.546. The lowest BCUT2D eigenvalue weighted by atomic mass is 10.2. The summed E-state index contributed by atoms with van der Waals surface area (Å²) in [6, 6.07) is 7.76. The Bertz CT molecular complexity index is 233. The Labute approximate surface area is 72.7 Å². The highest BCUT2D eigenvalue weighted by Crippen LogP contribution is 2.11. The van der Waals surface area contributed by atoms with Crippen molar-refractivity contribution in [1.29, 1.82) is 0 Å². The highest BCUT2D eigenvalue weighted by Gasteiger charge is 1.96. The second-order valence-electron chi connectivity index (χ2n) is 2.64. The lowest BCUT2D eigenvalue weighted by molar-refractivity contribution is -0.0554. The van der Waals surface area contributed by atoms with Gasteiger partial charge >= 0.3 is 0 Å². The molecule has 0 saturated heterocycles. The van der Waals surface area contributed by atoms with Gasteiger partial charge in [0.15, 0.2) is 0 Å². The zero-order valence-electron chi connectivity index (χ0n) is 7.45. The summed E-state index contributed by atoms with van der Waals surface area (Å²) in [6.45, 7) is 4.62. The van der Waals surface area contributed by atoms with Gasteiger partial charge in [0.05, 0.1) is 0 Å². The molecule has 0 aliphatic carbocycles. The van der Waals surface area contributed by atoms with Crippen LogP contribution in [0.15, 0.2) is 24.3 Å². The molecular weight excluding hydrogens is 152 g/mol. The van der Waals surface area contributed by atoms with Crippen LogP contribution in [0.4, 0.5) is 0 Å². The number of hydrogen-bond donors (Lipinski definition) is 1. The van der Waals surface area contributed by atoms with Crippen LogP contribution in [-0.4, -0.2) is 11.7 Å². The molecule has 12 heavy (non-hydrogen) atoms. The van der Waals surface area contributed by atoms with Crippen LogP contribution in [0.25, 0.3) is 0 Å². The van der Waals surface area contributed by atoms with E-state index in [1.54, 1.807) is 0 Å². The van der Waals surface area contributed by atoms with E-state index >= 15 is 0 Å². The molecule has 66 valence electrons. The maximum absolute atomic E-state index is 5.45. The van der Waals surface area contributed by atoms with Gasteiger partial charge in [0.2, 0.25) is 0 Å². The van der Waals surface area contributed by atoms with Gasteiger partial charge in [-0.1, -0.05) is 22.9 Å². The molecule has 0 aromatic heterocycles. The van der Waals surface area contributed by atoms with Crippen molar-refractivity contribution in [2.24, 2.45) is 5.84 Å². The van der Waals surface area contributed by atoms with E-state index < -0.39 is 0 Å². The smallest absolute Gasteiger partial charge is 0.149 e. The average Bonchev–Trinajstić information content (AvgIpc) is 2.09. The number of benzene rings is 1. The molecular formula is C9H14N2O. The molecule has 0 saturated carbocycles. The molecule has 3 heteroatoms. The number of hydroxylamine groups is 1. The van der Waals surface area contributed by atoms with Crippen LogP contribution in [0.3, 0.4) is 0 Å². The van der Waals surface area contributed by atoms with Gasteiger partial charge in [-0.25, -0.2) is 5.84 Å². The van der Waals surface area contributed by atoms with Crippen molar-refractivity contribution in [3.05, 3.63) is 29.8 Å². The minimum absolute atomic E-state index is 0.661. The van der Waals surface area contributed by atoms with Crippen LogP contribution in [0, 0.1) is 6.92 Å². The minimum Gasteiger partial charge on any atom is -0.391 e. The molecule has 2 N–H and O–H groups in total. The van der Waals surface area contributed by atoms with Crippen molar-refractivity contribution >= 4 is 0 Å². The van der Waals surface area contributed by atoms with Crippen LogP contribution in [0.5, 0.6) is 5.75 Å². The Morgan fingerprint density at radius 3 is 2.42 bits per heavy atom. The van der Waals surface area contributed by atoms with Gasteiger partial charge in [-0.3, -0.25) is 0 Å². The number of rotatable bonds is 3. The van der Waals surface area contributed by atoms with E-state index in [0.717, 1.165) is 5.75 Å². The predicted molar refractivity (Wildman–Crippen MR) is 48.4 cm³/mol. The second kappa shape index (κ2) is 4.09. The summed E-state index contributed by atoms with van der Waals surface area (Å²) in [7, 11) is 0. The average molecular weight is 166 g/mol. The number of hydrogen-bond acceptors (Lipinski definition) is 3. The number of nitrogens with zero attached hydrogens (tertiary/aromatic N) is 1. The van der Waals surface area contributed by atoms with Crippen molar-refractivity contribution in [3.63, 3.8) is 0 Å². The Morgan fingerprint density at radius 1 is 1.33 bits per heavy atom. The monoisotopic (exact) mass is 166 g/mol. The van der Waals surface area contributed by atoms with Gasteiger partial charge in [-0.15, -0.1) is 0 Å². The first-order valence-corrected chi connectivity index (χ1v) is 3.99. The van der Waals surface area contributed by atoms with Gasteiger partial charge in [-0.2, -0.15) is 0 Å². The Kier molecular flexibility index (Phi) is 3.08. The van der Waals surface area contributed by atoms with Gasteiger partial charge in [0.1, 0.15) is 5.75 Å². The summed E-state index contributed by atoms with van der Waals surface area (Å²) in [5, 5.41) is 1.30. The van der Waals surface area contributed by atoms with Crippen LogP contribution < -0.4 is 10.7 Å². The number of aryl methyl sites for hydroxylation is 1. The molecule has 0 bridgehead atoms. The molecule has 3 nitrogen and oxygen atoms in total. The number of nitrogens with two attached hydrogens (primary N) is 1. The van der Waals surface area contributed by atoms with E-state index in [9.17, 15) is 0 Å². The van der Waals surface area contributed by atoms with Crippen molar-refractivity contribution in [2.75, 3.05) is 6.54 Å². The van der Waals surface area contributed by atoms with E-state index in [2.05, 4.69) is 0 Å². The zero-order valence-corrected chi connectivity index (χ0v) is 7.45. The molecule has 0 unspecified atom stereocenters. The third-order valence-electron chi connectivity index (χ3n) is 1.56. The molecule has 0 radical (unpaired) electrons. The molecule has 0 heterocycles. The normalized spacial score (nSPS) is 10.3. The van der Waals surface area contributed by atoms with Crippen LogP contribution in [-0.2, 0) is 0 Å². The molecule has 0 spiro atoms. The predicted octanol–water partition coefficient (Wildman–Crippen LogP) is 1.48. The highest BCUT2D eigenvalue weighted by molar-refractivity contribution is 5.25. The van der Waals surface area contributed by atoms with Crippen molar-refractivity contribution in [2.45, 2.75) is 13.8 Å². The van der Waals surface area contributed by atoms with Crippen LogP contribution >= 0.6 is 0 Å². The van der Waals surface area contributed by atoms with E-state index in [1.807, 2.05) is 38.1 Å². The Morgan fingerprint density at radius 2 is 1.92 bits per heavy atom. The third kappa shape index (κ3) is 2.53. The molecule has 1 rings (SSSR count). The van der Waals surface area contributed by atoms with Gasteiger partial charge in [0.25, 0.3) is 0 Å². The molecule has 0 aliphatic rings. The summed E-state index contributed by atoms with van der Waals surface area (Å²) in [5.41, 5.74) is 1.21. The zero-order chi connectivity index (χ0) is 8.97. The summed E-state index contributed by atoms with van der Waals surface area (Å²) in [6.07, 6.45) is 0. The van der Waals surface area contributed by atoms with Crippen molar-refractivity contribution in [3.8, 4) is 5.75 Å². The summed E-state index contributed by atoms with van der Waals surface area (Å²) < 4.78 is 0. The SMILES string of the molecule is CCN(N)Oc1ccc(C)cc1. The van der Waals surface area contributed by atoms with Gasteiger partial charge in [0, 0.05) is 6.54 Å². The Balaban J connectivity index is 2.58. The van der Waals surface area contributed by atoms with E-state index in [0.29, 0.717) is 6.54 Å². The first-order valence-electron chi connectivity index (χ1n) is 3.99. The maximum atomic E-state index is 5.45. The fraction of sp³-hybridized carbons (Fsp3) is 0.333. The van der Waals surface area contributed by atoms with Gasteiger partial charge < -0.3 is 4.84 Å². The molecule has 0 atom stereocenters. The van der Waals surface area contributed by atoms with Crippen molar-refractivity contribution in [1.82, 2.24) is 5.17 Å². The fourth-order valence-electron chi connectivity index (χ4n) is 0.799. The first kappa shape index (κ1) is 9.03. The molecule has 0 amide bonds. The maximum Gasteiger partial charge on any atom is 0.149 e. The van der Waals surface area contributed by atoms with Crippen LogP contribution in [0.1, 0.15) is 12.5 Å². The number of hydrazine groups is 1. The first-order chi connectivity index (χ1) is 5.72. The summed E-state index contributed by atoms with van der Waals surface area (Å²) in [4.78, 5) is 5.23. The lowest BCUT2D eigenvalue weighted by Gasteiger charge is -2.14. The second-order valence-corrected chi connectivity index (χ2v) is 2.64. The lowest BCUT2D eigenvalue weighted by Crippen LogP contribution is -2.33. The van der Waals surface area contributed by atoms with E-state index in [4.69, 9.17) is 10.7 Å². The third-order valence-corrected chi connectivity index (χ3v) is 1.56. The summed E-state index contributed by atoms with van der Waals surface area (Å²) >= 11 is 0. The Hall–Kier alpha value is -1.06. The topological polar surface area (TPSA) is 38.5 Å². The van der Waals surface area contributed by atoms with Crippen molar-refractivity contribution < 1.29 is 4.84 Å². The molecule has 1 aromatic carbocycles. The minimum atomic E-state index is 0.661. The van der Waals surface area contributed by atoms with Crippen LogP contribution in [0.2, 0.25) is 0 Å². The molecule has 0 fully saturated rings. The standard InChI is InChI=1S/C9H14N2O/c1-3-11(10)12-9-6-4-8(2)5-7-9/h4-7H,3,10H2,1-2H3.